The van der Waals surface area contributed by atoms with E-state index in [2.05, 4.69) is 10.1 Å². The van der Waals surface area contributed by atoms with E-state index in [0.29, 0.717) is 18.0 Å². The maximum atomic E-state index is 12.7. The lowest BCUT2D eigenvalue weighted by atomic mass is 10.1. The normalized spacial score (nSPS) is 17.5. The van der Waals surface area contributed by atoms with Crippen LogP contribution >= 0.6 is 0 Å². The van der Waals surface area contributed by atoms with Gasteiger partial charge in [-0.05, 0) is 24.3 Å². The molecule has 1 fully saturated rings. The molecule has 0 radical (unpaired) electrons. The Labute approximate surface area is 152 Å². The maximum absolute atomic E-state index is 12.7. The number of rotatable bonds is 3. The van der Waals surface area contributed by atoms with E-state index < -0.39 is 11.7 Å². The number of benzene rings is 2. The first-order valence-corrected chi connectivity index (χ1v) is 8.28. The average molecular weight is 373 g/mol. The van der Waals surface area contributed by atoms with Crippen molar-refractivity contribution in [1.82, 2.24) is 10.1 Å². The molecule has 1 atom stereocenters. The molecule has 4 rings (SSSR count). The molecule has 3 aromatic rings. The van der Waals surface area contributed by atoms with E-state index in [1.807, 2.05) is 30.3 Å². The second-order valence-corrected chi connectivity index (χ2v) is 6.27. The summed E-state index contributed by atoms with van der Waals surface area (Å²) in [5, 5.41) is 3.85. The van der Waals surface area contributed by atoms with Crippen molar-refractivity contribution in [3.8, 4) is 11.4 Å². The van der Waals surface area contributed by atoms with Crippen molar-refractivity contribution in [2.45, 2.75) is 18.5 Å². The summed E-state index contributed by atoms with van der Waals surface area (Å²) in [6.07, 6.45) is -4.16. The number of halogens is 3. The number of alkyl halides is 3. The zero-order chi connectivity index (χ0) is 19.0. The highest BCUT2D eigenvalue weighted by molar-refractivity contribution is 5.96. The van der Waals surface area contributed by atoms with Gasteiger partial charge in [0.15, 0.2) is 0 Å². The first kappa shape index (κ1) is 17.3. The van der Waals surface area contributed by atoms with E-state index in [4.69, 9.17) is 4.52 Å². The SMILES string of the molecule is O=C1C[C@@H](c2nc(-c3ccc(C(F)(F)F)cc3)no2)CN1c1ccccc1. The molecule has 0 aliphatic carbocycles. The minimum Gasteiger partial charge on any atom is -0.339 e. The van der Waals surface area contributed by atoms with Crippen molar-refractivity contribution in [1.29, 1.82) is 0 Å². The molecule has 0 spiro atoms. The van der Waals surface area contributed by atoms with Crippen LogP contribution in [0.15, 0.2) is 59.1 Å². The highest BCUT2D eigenvalue weighted by Gasteiger charge is 2.35. The third-order valence-corrected chi connectivity index (χ3v) is 4.45. The van der Waals surface area contributed by atoms with Crippen LogP contribution in [-0.4, -0.2) is 22.6 Å². The summed E-state index contributed by atoms with van der Waals surface area (Å²) >= 11 is 0. The van der Waals surface area contributed by atoms with Crippen LogP contribution in [0.3, 0.4) is 0 Å². The van der Waals surface area contributed by atoms with E-state index in [-0.39, 0.29) is 24.1 Å². The van der Waals surface area contributed by atoms with Crippen LogP contribution in [0.5, 0.6) is 0 Å². The number of anilines is 1. The van der Waals surface area contributed by atoms with Gasteiger partial charge >= 0.3 is 6.18 Å². The molecular weight excluding hydrogens is 359 g/mol. The van der Waals surface area contributed by atoms with E-state index in [1.165, 1.54) is 12.1 Å². The molecule has 2 heterocycles. The zero-order valence-corrected chi connectivity index (χ0v) is 14.0. The smallest absolute Gasteiger partial charge is 0.339 e. The van der Waals surface area contributed by atoms with Crippen LogP contribution in [0.1, 0.15) is 23.8 Å². The zero-order valence-electron chi connectivity index (χ0n) is 14.0. The Hall–Kier alpha value is -3.16. The summed E-state index contributed by atoms with van der Waals surface area (Å²) in [6.45, 7) is 0.414. The first-order chi connectivity index (χ1) is 12.9. The summed E-state index contributed by atoms with van der Waals surface area (Å²) in [5.74, 6) is 0.204. The molecule has 0 saturated carbocycles. The van der Waals surface area contributed by atoms with Gasteiger partial charge in [0.25, 0.3) is 0 Å². The summed E-state index contributed by atoms with van der Waals surface area (Å²) < 4.78 is 43.2. The number of amides is 1. The number of hydrogen-bond donors (Lipinski definition) is 0. The van der Waals surface area contributed by atoms with Gasteiger partial charge in [-0.1, -0.05) is 35.5 Å². The van der Waals surface area contributed by atoms with Crippen molar-refractivity contribution < 1.29 is 22.5 Å². The van der Waals surface area contributed by atoms with E-state index >= 15 is 0 Å². The predicted molar refractivity (Wildman–Crippen MR) is 90.9 cm³/mol. The molecule has 5 nitrogen and oxygen atoms in total. The maximum Gasteiger partial charge on any atom is 0.416 e. The molecule has 1 aliphatic heterocycles. The van der Waals surface area contributed by atoms with E-state index in [9.17, 15) is 18.0 Å². The van der Waals surface area contributed by atoms with Gasteiger partial charge in [-0.15, -0.1) is 0 Å². The molecule has 1 aromatic heterocycles. The molecule has 138 valence electrons. The van der Waals surface area contributed by atoms with Crippen molar-refractivity contribution in [2.75, 3.05) is 11.4 Å². The third-order valence-electron chi connectivity index (χ3n) is 4.45. The monoisotopic (exact) mass is 373 g/mol. The highest BCUT2D eigenvalue weighted by atomic mass is 19.4. The van der Waals surface area contributed by atoms with Gasteiger partial charge in [0.1, 0.15) is 0 Å². The van der Waals surface area contributed by atoms with Crippen molar-refractivity contribution >= 4 is 11.6 Å². The molecule has 1 aliphatic rings. The Kier molecular flexibility index (Phi) is 4.18. The molecule has 8 heteroatoms. The fourth-order valence-corrected chi connectivity index (χ4v) is 3.06. The third kappa shape index (κ3) is 3.42. The van der Waals surface area contributed by atoms with Gasteiger partial charge in [-0.2, -0.15) is 18.2 Å². The average Bonchev–Trinajstić information content (AvgIpc) is 3.29. The highest BCUT2D eigenvalue weighted by Crippen LogP contribution is 2.33. The van der Waals surface area contributed by atoms with Crippen molar-refractivity contribution in [3.63, 3.8) is 0 Å². The van der Waals surface area contributed by atoms with Gasteiger partial charge in [0.2, 0.25) is 17.6 Å². The Balaban J connectivity index is 1.52. The topological polar surface area (TPSA) is 59.2 Å². The number of carbonyl (C=O) groups is 1. The van der Waals surface area contributed by atoms with Gasteiger partial charge < -0.3 is 9.42 Å². The second-order valence-electron chi connectivity index (χ2n) is 6.27. The number of aromatic nitrogens is 2. The number of carbonyl (C=O) groups excluding carboxylic acids is 1. The minimum atomic E-state index is -4.40. The minimum absolute atomic E-state index is 0.0412. The van der Waals surface area contributed by atoms with Crippen LogP contribution in [-0.2, 0) is 11.0 Å². The van der Waals surface area contributed by atoms with Gasteiger partial charge in [-0.3, -0.25) is 4.79 Å². The van der Waals surface area contributed by atoms with Crippen LogP contribution < -0.4 is 4.90 Å². The first-order valence-electron chi connectivity index (χ1n) is 8.28. The van der Waals surface area contributed by atoms with Gasteiger partial charge in [-0.25, -0.2) is 0 Å². The fraction of sp³-hybridized carbons (Fsp3) is 0.211. The van der Waals surface area contributed by atoms with Crippen molar-refractivity contribution in [3.05, 3.63) is 66.1 Å². The molecule has 0 bridgehead atoms. The van der Waals surface area contributed by atoms with E-state index in [0.717, 1.165) is 17.8 Å². The van der Waals surface area contributed by atoms with Crippen LogP contribution in [0.2, 0.25) is 0 Å². The summed E-state index contributed by atoms with van der Waals surface area (Å²) in [6, 6.07) is 13.8. The van der Waals surface area contributed by atoms with Gasteiger partial charge in [0.05, 0.1) is 11.5 Å². The summed E-state index contributed by atoms with van der Waals surface area (Å²) in [4.78, 5) is 18.2. The van der Waals surface area contributed by atoms with E-state index in [1.54, 1.807) is 4.90 Å². The molecule has 27 heavy (non-hydrogen) atoms. The molecule has 1 saturated heterocycles. The van der Waals surface area contributed by atoms with Gasteiger partial charge in [0, 0.05) is 24.2 Å². The largest absolute Gasteiger partial charge is 0.416 e. The predicted octanol–water partition coefficient (Wildman–Crippen LogP) is 4.28. The Morgan fingerprint density at radius 3 is 2.41 bits per heavy atom. The van der Waals surface area contributed by atoms with Crippen molar-refractivity contribution in [2.24, 2.45) is 0 Å². The summed E-state index contributed by atoms with van der Waals surface area (Å²) in [7, 11) is 0. The Morgan fingerprint density at radius 2 is 1.74 bits per heavy atom. The molecule has 0 N–H and O–H groups in total. The fourth-order valence-electron chi connectivity index (χ4n) is 3.06. The molecular formula is C19H14F3N3O2. The van der Waals surface area contributed by atoms with Crippen LogP contribution in [0.4, 0.5) is 18.9 Å². The Morgan fingerprint density at radius 1 is 1.04 bits per heavy atom. The standard InChI is InChI=1S/C19H14F3N3O2/c20-19(21,22)14-8-6-12(7-9-14)17-23-18(27-24-17)13-10-16(26)25(11-13)15-4-2-1-3-5-15/h1-9,13H,10-11H2/t13-/m1/s1. The molecule has 1 amide bonds. The molecule has 0 unspecified atom stereocenters. The second kappa shape index (κ2) is 6.53. The lowest BCUT2D eigenvalue weighted by Crippen LogP contribution is -2.24. The lowest BCUT2D eigenvalue weighted by Gasteiger charge is -2.15. The lowest BCUT2D eigenvalue weighted by molar-refractivity contribution is -0.137. The number of nitrogens with zero attached hydrogens (tertiary/aromatic N) is 3. The number of hydrogen-bond acceptors (Lipinski definition) is 4. The Bertz CT molecular complexity index is 952. The quantitative estimate of drug-likeness (QED) is 0.688. The summed E-state index contributed by atoms with van der Waals surface area (Å²) in [5.41, 5.74) is 0.476. The van der Waals surface area contributed by atoms with Crippen LogP contribution in [0.25, 0.3) is 11.4 Å². The van der Waals surface area contributed by atoms with Crippen LogP contribution in [0, 0.1) is 0 Å². The molecule has 2 aromatic carbocycles. The number of para-hydroxylation sites is 1.